The largest absolute Gasteiger partial charge is 0.481 e. The van der Waals surface area contributed by atoms with Crippen molar-refractivity contribution in [1.29, 1.82) is 0 Å². The number of hydrogen-bond acceptors (Lipinski definition) is 3. The standard InChI is InChI=1S/C11H22N2O4S/c1-8(2)7-12-18(16,17)13-5-4-10(11(14)15)6-9(13)3/h8-10,12H,4-7H2,1-3H3,(H,14,15). The van der Waals surface area contributed by atoms with E-state index in [2.05, 4.69) is 4.72 Å². The molecule has 1 aliphatic rings. The maximum atomic E-state index is 12.0. The summed E-state index contributed by atoms with van der Waals surface area (Å²) in [6.07, 6.45) is 0.750. The SMILES string of the molecule is CC(C)CNS(=O)(=O)N1CCC(C(=O)O)CC1C. The Hall–Kier alpha value is -0.660. The van der Waals surface area contributed by atoms with E-state index in [1.165, 1.54) is 4.31 Å². The maximum Gasteiger partial charge on any atom is 0.306 e. The Labute approximate surface area is 109 Å². The Balaban J connectivity index is 2.65. The number of carbonyl (C=O) groups is 1. The van der Waals surface area contributed by atoms with E-state index in [9.17, 15) is 13.2 Å². The van der Waals surface area contributed by atoms with Crippen molar-refractivity contribution in [3.05, 3.63) is 0 Å². The van der Waals surface area contributed by atoms with E-state index in [1.807, 2.05) is 13.8 Å². The van der Waals surface area contributed by atoms with E-state index >= 15 is 0 Å². The summed E-state index contributed by atoms with van der Waals surface area (Å²) >= 11 is 0. The molecule has 0 radical (unpaired) electrons. The minimum Gasteiger partial charge on any atom is -0.481 e. The van der Waals surface area contributed by atoms with Crippen molar-refractivity contribution in [2.45, 2.75) is 39.7 Å². The molecule has 106 valence electrons. The van der Waals surface area contributed by atoms with Gasteiger partial charge in [-0.1, -0.05) is 13.8 Å². The lowest BCUT2D eigenvalue weighted by atomic mass is 9.93. The molecule has 0 aromatic carbocycles. The zero-order valence-electron chi connectivity index (χ0n) is 11.1. The number of aliphatic carboxylic acids is 1. The summed E-state index contributed by atoms with van der Waals surface area (Å²) < 4.78 is 28.0. The number of nitrogens with zero attached hydrogens (tertiary/aromatic N) is 1. The predicted octanol–water partition coefficient (Wildman–Crippen LogP) is 0.662. The van der Waals surface area contributed by atoms with Gasteiger partial charge in [0.25, 0.3) is 10.2 Å². The van der Waals surface area contributed by atoms with Crippen LogP contribution in [0.2, 0.25) is 0 Å². The fraction of sp³-hybridized carbons (Fsp3) is 0.909. The van der Waals surface area contributed by atoms with Gasteiger partial charge in [0, 0.05) is 19.1 Å². The van der Waals surface area contributed by atoms with Gasteiger partial charge in [-0.15, -0.1) is 0 Å². The number of rotatable bonds is 5. The van der Waals surface area contributed by atoms with Crippen molar-refractivity contribution >= 4 is 16.2 Å². The van der Waals surface area contributed by atoms with Crippen LogP contribution in [0.4, 0.5) is 0 Å². The van der Waals surface area contributed by atoms with E-state index < -0.39 is 22.1 Å². The van der Waals surface area contributed by atoms with Crippen LogP contribution in [0.15, 0.2) is 0 Å². The molecule has 7 heteroatoms. The van der Waals surface area contributed by atoms with Crippen LogP contribution in [0.3, 0.4) is 0 Å². The number of carboxylic acid groups (broad SMARTS) is 1. The van der Waals surface area contributed by atoms with Gasteiger partial charge in [0.2, 0.25) is 0 Å². The van der Waals surface area contributed by atoms with Gasteiger partial charge >= 0.3 is 5.97 Å². The molecular weight excluding hydrogens is 256 g/mol. The lowest BCUT2D eigenvalue weighted by Crippen LogP contribution is -2.50. The Kier molecular flexibility index (Phi) is 5.12. The van der Waals surface area contributed by atoms with Crippen molar-refractivity contribution in [2.75, 3.05) is 13.1 Å². The molecule has 0 aromatic heterocycles. The first-order valence-corrected chi connectivity index (χ1v) is 7.67. The molecule has 0 amide bonds. The first-order chi connectivity index (χ1) is 8.24. The second-order valence-electron chi connectivity index (χ2n) is 5.27. The second-order valence-corrected chi connectivity index (χ2v) is 6.97. The fourth-order valence-corrected chi connectivity index (χ4v) is 3.70. The molecule has 6 nitrogen and oxygen atoms in total. The quantitative estimate of drug-likeness (QED) is 0.773. The van der Waals surface area contributed by atoms with Gasteiger partial charge in [0.1, 0.15) is 0 Å². The van der Waals surface area contributed by atoms with Gasteiger partial charge in [0.15, 0.2) is 0 Å². The minimum absolute atomic E-state index is 0.242. The molecule has 1 fully saturated rings. The first kappa shape index (κ1) is 15.4. The van der Waals surface area contributed by atoms with Gasteiger partial charge in [-0.2, -0.15) is 12.7 Å². The summed E-state index contributed by atoms with van der Waals surface area (Å²) in [5, 5.41) is 8.94. The highest BCUT2D eigenvalue weighted by Crippen LogP contribution is 2.24. The Morgan fingerprint density at radius 1 is 1.50 bits per heavy atom. The normalized spacial score (nSPS) is 26.4. The van der Waals surface area contributed by atoms with E-state index in [4.69, 9.17) is 5.11 Å². The molecule has 0 saturated carbocycles. The van der Waals surface area contributed by atoms with E-state index in [1.54, 1.807) is 6.92 Å². The smallest absolute Gasteiger partial charge is 0.306 e. The molecule has 0 aliphatic carbocycles. The van der Waals surface area contributed by atoms with Crippen molar-refractivity contribution in [1.82, 2.24) is 9.03 Å². The lowest BCUT2D eigenvalue weighted by molar-refractivity contribution is -0.143. The second kappa shape index (κ2) is 5.99. The molecule has 1 rings (SSSR count). The van der Waals surface area contributed by atoms with Crippen LogP contribution in [-0.2, 0) is 15.0 Å². The third-order valence-corrected chi connectivity index (χ3v) is 4.84. The number of carboxylic acids is 1. The molecule has 18 heavy (non-hydrogen) atoms. The first-order valence-electron chi connectivity index (χ1n) is 6.23. The summed E-state index contributed by atoms with van der Waals surface area (Å²) in [5.74, 6) is -1.03. The summed E-state index contributed by atoms with van der Waals surface area (Å²) in [7, 11) is -3.49. The lowest BCUT2D eigenvalue weighted by Gasteiger charge is -2.35. The molecule has 1 aliphatic heterocycles. The molecule has 1 saturated heterocycles. The van der Waals surface area contributed by atoms with Gasteiger partial charge < -0.3 is 5.11 Å². The van der Waals surface area contributed by atoms with Crippen LogP contribution in [-0.4, -0.2) is 42.9 Å². The van der Waals surface area contributed by atoms with Crippen molar-refractivity contribution < 1.29 is 18.3 Å². The van der Waals surface area contributed by atoms with Gasteiger partial charge in [0.05, 0.1) is 5.92 Å². The van der Waals surface area contributed by atoms with Crippen LogP contribution >= 0.6 is 0 Å². The fourth-order valence-electron chi connectivity index (χ4n) is 2.09. The molecular formula is C11H22N2O4S. The Morgan fingerprint density at radius 2 is 2.11 bits per heavy atom. The highest BCUT2D eigenvalue weighted by atomic mass is 32.2. The molecule has 1 heterocycles. The highest BCUT2D eigenvalue weighted by molar-refractivity contribution is 7.87. The maximum absolute atomic E-state index is 12.0. The average Bonchev–Trinajstić information content (AvgIpc) is 2.26. The van der Waals surface area contributed by atoms with Gasteiger partial charge in [-0.3, -0.25) is 4.79 Å². The third-order valence-electron chi connectivity index (χ3n) is 3.15. The molecule has 2 atom stereocenters. The number of piperidine rings is 1. The van der Waals surface area contributed by atoms with Crippen molar-refractivity contribution in [3.8, 4) is 0 Å². The number of hydrogen-bond donors (Lipinski definition) is 2. The zero-order chi connectivity index (χ0) is 13.9. The molecule has 0 aromatic rings. The van der Waals surface area contributed by atoms with Crippen LogP contribution < -0.4 is 4.72 Å². The van der Waals surface area contributed by atoms with Gasteiger partial charge in [-0.25, -0.2) is 4.72 Å². The van der Waals surface area contributed by atoms with Gasteiger partial charge in [-0.05, 0) is 25.7 Å². The van der Waals surface area contributed by atoms with Crippen LogP contribution in [0.25, 0.3) is 0 Å². The summed E-state index contributed by atoms with van der Waals surface area (Å²) in [4.78, 5) is 10.9. The highest BCUT2D eigenvalue weighted by Gasteiger charge is 2.35. The van der Waals surface area contributed by atoms with Crippen molar-refractivity contribution in [2.24, 2.45) is 11.8 Å². The molecule has 0 bridgehead atoms. The summed E-state index contributed by atoms with van der Waals surface area (Å²) in [6, 6.07) is -0.274. The predicted molar refractivity (Wildman–Crippen MR) is 68.3 cm³/mol. The number of nitrogens with one attached hydrogen (secondary N) is 1. The van der Waals surface area contributed by atoms with E-state index in [-0.39, 0.29) is 18.5 Å². The average molecular weight is 278 g/mol. The molecule has 2 N–H and O–H groups in total. The van der Waals surface area contributed by atoms with Crippen LogP contribution in [0.5, 0.6) is 0 Å². The Morgan fingerprint density at radius 3 is 2.56 bits per heavy atom. The summed E-state index contributed by atoms with van der Waals surface area (Å²) in [6.45, 7) is 6.29. The Bertz CT molecular complexity index is 394. The summed E-state index contributed by atoms with van der Waals surface area (Å²) in [5.41, 5.74) is 0. The molecule has 0 spiro atoms. The van der Waals surface area contributed by atoms with E-state index in [0.717, 1.165) is 0 Å². The molecule has 2 unspecified atom stereocenters. The monoisotopic (exact) mass is 278 g/mol. The van der Waals surface area contributed by atoms with Crippen LogP contribution in [0, 0.1) is 11.8 Å². The van der Waals surface area contributed by atoms with E-state index in [0.29, 0.717) is 19.4 Å². The van der Waals surface area contributed by atoms with Crippen molar-refractivity contribution in [3.63, 3.8) is 0 Å². The van der Waals surface area contributed by atoms with Crippen LogP contribution in [0.1, 0.15) is 33.6 Å². The minimum atomic E-state index is -3.49. The zero-order valence-corrected chi connectivity index (χ0v) is 11.9. The topological polar surface area (TPSA) is 86.7 Å². The third kappa shape index (κ3) is 3.93.